The Morgan fingerprint density at radius 3 is 1.50 bits per heavy atom. The largest absolute Gasteiger partial charge is 0.493 e. The predicted molar refractivity (Wildman–Crippen MR) is 177 cm³/mol. The average Bonchev–Trinajstić information content (AvgIpc) is 3.12. The smallest absolute Gasteiger partial charge is 0.179 e. The van der Waals surface area contributed by atoms with E-state index in [0.717, 1.165) is 16.7 Å². The van der Waals surface area contributed by atoms with E-state index in [9.17, 15) is 4.79 Å². The average molecular weight is 619 g/mol. The van der Waals surface area contributed by atoms with Gasteiger partial charge >= 0.3 is 0 Å². The summed E-state index contributed by atoms with van der Waals surface area (Å²) < 4.78 is 35.5. The number of carbonyl (C=O) groups is 1. The fourth-order valence-electron chi connectivity index (χ4n) is 5.08. The number of rotatable bonds is 16. The van der Waals surface area contributed by atoms with Gasteiger partial charge in [-0.05, 0) is 40.5 Å². The second kappa shape index (κ2) is 16.3. The third-order valence-corrected chi connectivity index (χ3v) is 7.51. The van der Waals surface area contributed by atoms with E-state index >= 15 is 0 Å². The minimum Gasteiger partial charge on any atom is -0.493 e. The van der Waals surface area contributed by atoms with Crippen LogP contribution < -0.4 is 18.9 Å². The number of ether oxygens (including phenoxy) is 6. The van der Waals surface area contributed by atoms with Crippen LogP contribution in [0.1, 0.15) is 38.5 Å². The van der Waals surface area contributed by atoms with Crippen LogP contribution >= 0.6 is 0 Å². The Balaban J connectivity index is 1.47. The fraction of sp³-hybridized carbons (Fsp3) is 0.205. The van der Waals surface area contributed by atoms with Gasteiger partial charge in [-0.15, -0.1) is 0 Å². The zero-order valence-corrected chi connectivity index (χ0v) is 26.3. The first-order valence-electron chi connectivity index (χ1n) is 15.0. The Hall–Kier alpha value is -5.11. The molecule has 0 spiro atoms. The summed E-state index contributed by atoms with van der Waals surface area (Å²) in [6, 6.07) is 40.3. The van der Waals surface area contributed by atoms with Crippen LogP contribution in [0.5, 0.6) is 23.0 Å². The maximum Gasteiger partial charge on any atom is 0.179 e. The molecule has 0 bridgehead atoms. The zero-order valence-electron chi connectivity index (χ0n) is 26.3. The van der Waals surface area contributed by atoms with Crippen molar-refractivity contribution in [3.8, 4) is 23.0 Å². The van der Waals surface area contributed by atoms with Gasteiger partial charge < -0.3 is 28.4 Å². The Labute approximate surface area is 270 Å². The monoisotopic (exact) mass is 618 g/mol. The maximum atomic E-state index is 14.5. The van der Waals surface area contributed by atoms with Gasteiger partial charge in [0.25, 0.3) is 0 Å². The number of hydrogen-bond acceptors (Lipinski definition) is 7. The Morgan fingerprint density at radius 2 is 1.02 bits per heavy atom. The molecule has 0 N–H and O–H groups in total. The number of hydrogen-bond donors (Lipinski definition) is 0. The van der Waals surface area contributed by atoms with Crippen molar-refractivity contribution >= 4 is 5.78 Å². The molecule has 7 heteroatoms. The molecule has 0 saturated heterocycles. The molecule has 5 aromatic carbocycles. The van der Waals surface area contributed by atoms with Crippen LogP contribution in [0.2, 0.25) is 0 Å². The second-order valence-electron chi connectivity index (χ2n) is 10.6. The van der Waals surface area contributed by atoms with E-state index < -0.39 is 12.2 Å². The molecule has 0 aliphatic carbocycles. The lowest BCUT2D eigenvalue weighted by atomic mass is 9.89. The first kappa shape index (κ1) is 32.3. The van der Waals surface area contributed by atoms with E-state index in [1.54, 1.807) is 19.2 Å². The molecule has 5 aromatic rings. The molecule has 46 heavy (non-hydrogen) atoms. The van der Waals surface area contributed by atoms with Gasteiger partial charge in [0.05, 0.1) is 18.6 Å². The van der Waals surface area contributed by atoms with Gasteiger partial charge in [0, 0.05) is 20.3 Å². The van der Waals surface area contributed by atoms with Crippen molar-refractivity contribution in [2.24, 2.45) is 0 Å². The zero-order chi connectivity index (χ0) is 32.1. The third kappa shape index (κ3) is 8.33. The van der Waals surface area contributed by atoms with Gasteiger partial charge in [-0.1, -0.05) is 103 Å². The van der Waals surface area contributed by atoms with Crippen molar-refractivity contribution in [2.75, 3.05) is 21.3 Å². The molecule has 0 aliphatic heterocycles. The lowest BCUT2D eigenvalue weighted by Crippen LogP contribution is -2.30. The van der Waals surface area contributed by atoms with Crippen molar-refractivity contribution in [3.63, 3.8) is 0 Å². The van der Waals surface area contributed by atoms with E-state index in [4.69, 9.17) is 28.4 Å². The fourth-order valence-corrected chi connectivity index (χ4v) is 5.08. The summed E-state index contributed by atoms with van der Waals surface area (Å²) in [7, 11) is 4.57. The van der Waals surface area contributed by atoms with Gasteiger partial charge in [0.15, 0.2) is 23.6 Å². The highest BCUT2D eigenvalue weighted by molar-refractivity contribution is 6.04. The van der Waals surface area contributed by atoms with Crippen LogP contribution in [0.15, 0.2) is 127 Å². The van der Waals surface area contributed by atoms with Crippen LogP contribution in [0.4, 0.5) is 0 Å². The van der Waals surface area contributed by atoms with Gasteiger partial charge in [-0.3, -0.25) is 4.79 Å². The van der Waals surface area contributed by atoms with Crippen LogP contribution in [0, 0.1) is 0 Å². The molecule has 0 heterocycles. The SMILES string of the molecule is COc1cc(C(=O)C(c2ccc(OCc3ccccc3)cc2)C(OC)OC)c(OCc2ccccc2)cc1OCc1ccccc1. The minimum atomic E-state index is -0.870. The summed E-state index contributed by atoms with van der Waals surface area (Å²) in [6.45, 7) is 1.00. The molecule has 236 valence electrons. The normalized spacial score (nSPS) is 11.6. The van der Waals surface area contributed by atoms with E-state index in [1.165, 1.54) is 14.2 Å². The molecule has 0 radical (unpaired) electrons. The molecule has 0 fully saturated rings. The molecule has 0 amide bonds. The highest BCUT2D eigenvalue weighted by Gasteiger charge is 2.34. The first-order chi connectivity index (χ1) is 22.6. The van der Waals surface area contributed by atoms with E-state index in [2.05, 4.69) is 0 Å². The van der Waals surface area contributed by atoms with Crippen LogP contribution in [0.3, 0.4) is 0 Å². The number of carbonyl (C=O) groups excluding carboxylic acids is 1. The molecule has 0 saturated carbocycles. The lowest BCUT2D eigenvalue weighted by Gasteiger charge is -2.26. The number of methoxy groups -OCH3 is 3. The topological polar surface area (TPSA) is 72.5 Å². The molecule has 0 aromatic heterocycles. The van der Waals surface area contributed by atoms with Crippen LogP contribution in [-0.2, 0) is 29.3 Å². The third-order valence-electron chi connectivity index (χ3n) is 7.51. The molecular weight excluding hydrogens is 580 g/mol. The lowest BCUT2D eigenvalue weighted by molar-refractivity contribution is -0.110. The van der Waals surface area contributed by atoms with Crippen molar-refractivity contribution in [1.29, 1.82) is 0 Å². The predicted octanol–water partition coefficient (Wildman–Crippen LogP) is 8.02. The Morgan fingerprint density at radius 1 is 0.543 bits per heavy atom. The van der Waals surface area contributed by atoms with E-state index in [0.29, 0.717) is 47.3 Å². The molecule has 5 rings (SSSR count). The molecule has 1 unspecified atom stereocenters. The van der Waals surface area contributed by atoms with Crippen molar-refractivity contribution in [1.82, 2.24) is 0 Å². The summed E-state index contributed by atoms with van der Waals surface area (Å²) in [5.74, 6) is 0.814. The van der Waals surface area contributed by atoms with Crippen molar-refractivity contribution in [3.05, 3.63) is 155 Å². The minimum absolute atomic E-state index is 0.252. The molecule has 0 aliphatic rings. The number of ketones is 1. The summed E-state index contributed by atoms with van der Waals surface area (Å²) in [6.07, 6.45) is -0.870. The molecule has 7 nitrogen and oxygen atoms in total. The highest BCUT2D eigenvalue weighted by atomic mass is 16.7. The van der Waals surface area contributed by atoms with Crippen molar-refractivity contribution < 1.29 is 33.2 Å². The summed E-state index contributed by atoms with van der Waals surface area (Å²) in [4.78, 5) is 14.5. The van der Waals surface area contributed by atoms with Gasteiger partial charge in [-0.2, -0.15) is 0 Å². The molecule has 1 atom stereocenters. The van der Waals surface area contributed by atoms with E-state index in [1.807, 2.05) is 115 Å². The summed E-state index contributed by atoms with van der Waals surface area (Å²) in [5.41, 5.74) is 4.02. The quantitative estimate of drug-likeness (QED) is 0.0819. The van der Waals surface area contributed by atoms with Crippen LogP contribution in [-0.4, -0.2) is 33.4 Å². The van der Waals surface area contributed by atoms with Gasteiger partial charge in [0.2, 0.25) is 0 Å². The van der Waals surface area contributed by atoms with Crippen molar-refractivity contribution in [2.45, 2.75) is 32.0 Å². The summed E-state index contributed by atoms with van der Waals surface area (Å²) >= 11 is 0. The Kier molecular flexibility index (Phi) is 11.4. The standard InChI is InChI=1S/C39H38O7/c1-41-35-23-33(34(45-26-29-15-9-5-10-16-29)24-36(35)46-27-30-17-11-6-12-18-30)38(40)37(39(42-2)43-3)31-19-21-32(22-20-31)44-25-28-13-7-4-8-14-28/h4-24,37,39H,25-27H2,1-3H3. The molecular formula is C39H38O7. The Bertz CT molecular complexity index is 1650. The van der Waals surface area contributed by atoms with Crippen LogP contribution in [0.25, 0.3) is 0 Å². The first-order valence-corrected chi connectivity index (χ1v) is 15.0. The highest BCUT2D eigenvalue weighted by Crippen LogP contribution is 2.39. The summed E-state index contributed by atoms with van der Waals surface area (Å²) in [5, 5.41) is 0. The number of Topliss-reactive ketones (excluding diaryl/α,β-unsaturated/α-hetero) is 1. The number of benzene rings is 5. The van der Waals surface area contributed by atoms with Gasteiger partial charge in [-0.25, -0.2) is 0 Å². The second-order valence-corrected chi connectivity index (χ2v) is 10.6. The maximum absolute atomic E-state index is 14.5. The van der Waals surface area contributed by atoms with Gasteiger partial charge in [0.1, 0.15) is 31.3 Å². The van der Waals surface area contributed by atoms with E-state index in [-0.39, 0.29) is 12.4 Å².